The molecule has 1 aromatic carbocycles. The molecular formula is C18H20N2O5S2. The molecule has 144 valence electrons. The number of rotatable bonds is 5. The predicted molar refractivity (Wildman–Crippen MR) is 101 cm³/mol. The first-order chi connectivity index (χ1) is 12.9. The van der Waals surface area contributed by atoms with Gasteiger partial charge in [0.2, 0.25) is 10.0 Å². The molecule has 3 rings (SSSR count). The maximum atomic E-state index is 12.6. The Bertz CT molecular complexity index is 889. The summed E-state index contributed by atoms with van der Waals surface area (Å²) in [6.45, 7) is 2.44. The van der Waals surface area contributed by atoms with E-state index in [9.17, 15) is 18.0 Å². The van der Waals surface area contributed by atoms with Gasteiger partial charge in [-0.2, -0.15) is 15.6 Å². The van der Waals surface area contributed by atoms with E-state index in [1.54, 1.807) is 47.2 Å². The van der Waals surface area contributed by atoms with Gasteiger partial charge in [-0.1, -0.05) is 18.2 Å². The molecule has 1 atom stereocenters. The van der Waals surface area contributed by atoms with Gasteiger partial charge in [-0.3, -0.25) is 4.79 Å². The first kappa shape index (κ1) is 19.5. The fraction of sp³-hybridized carbons (Fsp3) is 0.333. The Hall–Kier alpha value is -2.23. The number of nitrogens with zero attached hydrogens (tertiary/aromatic N) is 2. The zero-order valence-electron chi connectivity index (χ0n) is 14.8. The number of carbonyl (C=O) groups excluding carboxylic acids is 2. The number of sulfonamides is 1. The molecule has 0 saturated carbocycles. The smallest absolute Gasteiger partial charge is 0.339 e. The molecule has 0 aliphatic carbocycles. The largest absolute Gasteiger partial charge is 0.449 e. The Morgan fingerprint density at radius 3 is 2.33 bits per heavy atom. The third-order valence-electron chi connectivity index (χ3n) is 4.32. The van der Waals surface area contributed by atoms with Crippen molar-refractivity contribution in [2.75, 3.05) is 26.2 Å². The number of benzene rings is 1. The first-order valence-electron chi connectivity index (χ1n) is 8.47. The van der Waals surface area contributed by atoms with Gasteiger partial charge < -0.3 is 9.64 Å². The van der Waals surface area contributed by atoms with Gasteiger partial charge in [-0.25, -0.2) is 13.2 Å². The second-order valence-corrected chi connectivity index (χ2v) is 8.82. The topological polar surface area (TPSA) is 84.0 Å². The predicted octanol–water partition coefficient (Wildman–Crippen LogP) is 1.83. The molecule has 2 aromatic rings. The van der Waals surface area contributed by atoms with Crippen LogP contribution in [0.3, 0.4) is 0 Å². The summed E-state index contributed by atoms with van der Waals surface area (Å²) >= 11 is 1.37. The van der Waals surface area contributed by atoms with Crippen molar-refractivity contribution in [3.63, 3.8) is 0 Å². The molecule has 2 heterocycles. The molecule has 9 heteroatoms. The highest BCUT2D eigenvalue weighted by Crippen LogP contribution is 2.18. The molecule has 1 aliphatic rings. The molecule has 27 heavy (non-hydrogen) atoms. The molecule has 1 amide bonds. The summed E-state index contributed by atoms with van der Waals surface area (Å²) in [7, 11) is -3.57. The third-order valence-corrected chi connectivity index (χ3v) is 6.92. The van der Waals surface area contributed by atoms with E-state index in [1.165, 1.54) is 27.5 Å². The summed E-state index contributed by atoms with van der Waals surface area (Å²) < 4.78 is 31.8. The van der Waals surface area contributed by atoms with Crippen LogP contribution in [-0.4, -0.2) is 61.8 Å². The number of thiophene rings is 1. The van der Waals surface area contributed by atoms with E-state index in [0.717, 1.165) is 0 Å². The lowest BCUT2D eigenvalue weighted by atomic mass is 10.3. The minimum absolute atomic E-state index is 0.203. The lowest BCUT2D eigenvalue weighted by Crippen LogP contribution is -2.52. The van der Waals surface area contributed by atoms with Crippen molar-refractivity contribution in [3.05, 3.63) is 52.7 Å². The van der Waals surface area contributed by atoms with E-state index in [1.807, 2.05) is 0 Å². The second kappa shape index (κ2) is 8.20. The van der Waals surface area contributed by atoms with Crippen LogP contribution in [0.5, 0.6) is 0 Å². The highest BCUT2D eigenvalue weighted by atomic mass is 32.2. The fourth-order valence-corrected chi connectivity index (χ4v) is 4.88. The quantitative estimate of drug-likeness (QED) is 0.705. The Morgan fingerprint density at radius 2 is 1.74 bits per heavy atom. The average Bonchev–Trinajstić information content (AvgIpc) is 3.23. The number of ether oxygens (including phenoxy) is 1. The van der Waals surface area contributed by atoms with Gasteiger partial charge in [0, 0.05) is 31.6 Å². The molecule has 1 fully saturated rings. The van der Waals surface area contributed by atoms with Crippen LogP contribution in [0.15, 0.2) is 52.1 Å². The van der Waals surface area contributed by atoms with Crippen molar-refractivity contribution in [3.8, 4) is 0 Å². The molecule has 1 aliphatic heterocycles. The fourth-order valence-electron chi connectivity index (χ4n) is 2.81. The molecule has 0 bridgehead atoms. The van der Waals surface area contributed by atoms with Crippen LogP contribution in [0.4, 0.5) is 0 Å². The lowest BCUT2D eigenvalue weighted by molar-refractivity contribution is -0.141. The van der Waals surface area contributed by atoms with Gasteiger partial charge >= 0.3 is 5.97 Å². The minimum atomic E-state index is -3.57. The normalized spacial score (nSPS) is 16.7. The van der Waals surface area contributed by atoms with Gasteiger partial charge in [-0.05, 0) is 30.5 Å². The summed E-state index contributed by atoms with van der Waals surface area (Å²) in [5.41, 5.74) is 0.415. The molecule has 7 nitrogen and oxygen atoms in total. The molecule has 0 unspecified atom stereocenters. The Kier molecular flexibility index (Phi) is 5.93. The summed E-state index contributed by atoms with van der Waals surface area (Å²) in [6, 6.07) is 9.86. The van der Waals surface area contributed by atoms with Crippen LogP contribution >= 0.6 is 11.3 Å². The van der Waals surface area contributed by atoms with E-state index in [4.69, 9.17) is 4.74 Å². The number of amides is 1. The van der Waals surface area contributed by atoms with Crippen molar-refractivity contribution >= 4 is 33.2 Å². The number of hydrogen-bond donors (Lipinski definition) is 0. The Morgan fingerprint density at radius 1 is 1.07 bits per heavy atom. The van der Waals surface area contributed by atoms with Crippen LogP contribution < -0.4 is 0 Å². The van der Waals surface area contributed by atoms with Crippen LogP contribution in [0.25, 0.3) is 0 Å². The Balaban J connectivity index is 1.57. The van der Waals surface area contributed by atoms with Crippen molar-refractivity contribution in [2.24, 2.45) is 0 Å². The first-order valence-corrected chi connectivity index (χ1v) is 10.8. The number of piperazine rings is 1. The van der Waals surface area contributed by atoms with Gasteiger partial charge in [0.15, 0.2) is 6.10 Å². The number of carbonyl (C=O) groups is 2. The third kappa shape index (κ3) is 4.37. The molecule has 0 radical (unpaired) electrons. The van der Waals surface area contributed by atoms with E-state index in [-0.39, 0.29) is 37.0 Å². The summed E-state index contributed by atoms with van der Waals surface area (Å²) in [6.07, 6.45) is -0.922. The van der Waals surface area contributed by atoms with E-state index < -0.39 is 22.1 Å². The standard InChI is InChI=1S/C18H20N2O5S2/c1-14(25-18(22)15-7-12-26-13-15)17(21)19-8-10-20(11-9-19)27(23,24)16-5-3-2-4-6-16/h2-7,12-14H,8-11H2,1H3/t14-/m0/s1. The zero-order chi connectivity index (χ0) is 19.4. The van der Waals surface area contributed by atoms with Crippen molar-refractivity contribution in [2.45, 2.75) is 17.9 Å². The van der Waals surface area contributed by atoms with Crippen LogP contribution in [0.1, 0.15) is 17.3 Å². The van der Waals surface area contributed by atoms with Crippen molar-refractivity contribution < 1.29 is 22.7 Å². The highest BCUT2D eigenvalue weighted by molar-refractivity contribution is 7.89. The number of esters is 1. The van der Waals surface area contributed by atoms with Crippen molar-refractivity contribution in [1.82, 2.24) is 9.21 Å². The highest BCUT2D eigenvalue weighted by Gasteiger charge is 2.32. The van der Waals surface area contributed by atoms with E-state index in [0.29, 0.717) is 5.56 Å². The average molecular weight is 409 g/mol. The monoisotopic (exact) mass is 408 g/mol. The van der Waals surface area contributed by atoms with Crippen LogP contribution in [0, 0.1) is 0 Å². The van der Waals surface area contributed by atoms with E-state index in [2.05, 4.69) is 0 Å². The Labute approximate surface area is 162 Å². The molecule has 1 aromatic heterocycles. The minimum Gasteiger partial charge on any atom is -0.449 e. The van der Waals surface area contributed by atoms with Crippen LogP contribution in [0.2, 0.25) is 0 Å². The van der Waals surface area contributed by atoms with Gasteiger partial charge in [-0.15, -0.1) is 0 Å². The van der Waals surface area contributed by atoms with E-state index >= 15 is 0 Å². The van der Waals surface area contributed by atoms with Gasteiger partial charge in [0.05, 0.1) is 10.5 Å². The van der Waals surface area contributed by atoms with Gasteiger partial charge in [0.1, 0.15) is 0 Å². The maximum Gasteiger partial charge on any atom is 0.339 e. The summed E-state index contributed by atoms with van der Waals surface area (Å²) in [5, 5.41) is 3.42. The second-order valence-electron chi connectivity index (χ2n) is 6.10. The summed E-state index contributed by atoms with van der Waals surface area (Å²) in [4.78, 5) is 26.3. The SMILES string of the molecule is C[C@H](OC(=O)c1ccsc1)C(=O)N1CCN(S(=O)(=O)c2ccccc2)CC1. The zero-order valence-corrected chi connectivity index (χ0v) is 16.4. The lowest BCUT2D eigenvalue weighted by Gasteiger charge is -2.35. The van der Waals surface area contributed by atoms with Crippen molar-refractivity contribution in [1.29, 1.82) is 0 Å². The molecule has 1 saturated heterocycles. The van der Waals surface area contributed by atoms with Gasteiger partial charge in [0.25, 0.3) is 5.91 Å². The summed E-state index contributed by atoms with van der Waals surface area (Å²) in [5.74, 6) is -0.863. The maximum absolute atomic E-state index is 12.6. The molecular weight excluding hydrogens is 388 g/mol. The molecule has 0 spiro atoms. The molecule has 0 N–H and O–H groups in total. The van der Waals surface area contributed by atoms with Crippen LogP contribution in [-0.2, 0) is 19.6 Å². The number of hydrogen-bond acceptors (Lipinski definition) is 6.